The Hall–Kier alpha value is -0.910. The molecule has 0 bridgehead atoms. The number of carbonyl (C=O) groups is 1. The third-order valence-electron chi connectivity index (χ3n) is 5.24. The maximum Gasteiger partial charge on any atom is 0.335 e. The first-order chi connectivity index (χ1) is 10.6. The lowest BCUT2D eigenvalue weighted by atomic mass is 9.56. The van der Waals surface area contributed by atoms with Crippen LogP contribution in [0.1, 0.15) is 47.5 Å². The van der Waals surface area contributed by atoms with Crippen LogP contribution in [0.4, 0.5) is 0 Å². The van der Waals surface area contributed by atoms with Crippen LogP contribution in [0, 0.1) is 5.41 Å². The number of carboxylic acids is 1. The molecule has 116 valence electrons. The molecule has 1 aliphatic carbocycles. The van der Waals surface area contributed by atoms with Crippen molar-refractivity contribution in [1.29, 1.82) is 0 Å². The van der Waals surface area contributed by atoms with Crippen LogP contribution < -0.4 is 0 Å². The lowest BCUT2D eigenvalue weighted by molar-refractivity contribution is -0.0394. The predicted molar refractivity (Wildman–Crippen MR) is 90.9 cm³/mol. The van der Waals surface area contributed by atoms with Crippen molar-refractivity contribution in [2.45, 2.75) is 31.6 Å². The molecule has 2 fully saturated rings. The number of hydrogen-bond donors (Lipinski definition) is 1. The Kier molecular flexibility index (Phi) is 3.55. The molecule has 1 N–H and O–H groups in total. The van der Waals surface area contributed by atoms with Gasteiger partial charge < -0.3 is 9.84 Å². The molecule has 1 saturated carbocycles. The maximum atomic E-state index is 11.4. The largest absolute Gasteiger partial charge is 0.478 e. The number of fused-ring (bicyclic) bond motifs is 1. The Labute approximate surface area is 141 Å². The molecular formula is C17H17BrO3S. The minimum atomic E-state index is -0.840. The molecular weight excluding hydrogens is 364 g/mol. The fourth-order valence-electron chi connectivity index (χ4n) is 4.01. The van der Waals surface area contributed by atoms with Crippen LogP contribution in [0.3, 0.4) is 0 Å². The normalized spacial score (nSPS) is 21.1. The average Bonchev–Trinajstić information content (AvgIpc) is 2.84. The number of rotatable bonds is 2. The zero-order valence-electron chi connectivity index (χ0n) is 12.1. The molecule has 1 aromatic heterocycles. The first kappa shape index (κ1) is 14.7. The highest BCUT2D eigenvalue weighted by Crippen LogP contribution is 2.57. The van der Waals surface area contributed by atoms with Gasteiger partial charge in [-0.3, -0.25) is 0 Å². The fourth-order valence-corrected chi connectivity index (χ4v) is 5.63. The highest BCUT2D eigenvalue weighted by molar-refractivity contribution is 9.11. The molecule has 5 heteroatoms. The van der Waals surface area contributed by atoms with E-state index in [1.54, 1.807) is 17.4 Å². The smallest absolute Gasteiger partial charge is 0.335 e. The van der Waals surface area contributed by atoms with Crippen LogP contribution in [0.2, 0.25) is 0 Å². The van der Waals surface area contributed by atoms with Crippen molar-refractivity contribution in [3.8, 4) is 0 Å². The summed E-state index contributed by atoms with van der Waals surface area (Å²) in [5.41, 5.74) is 2.07. The first-order valence-electron chi connectivity index (χ1n) is 7.60. The van der Waals surface area contributed by atoms with Gasteiger partial charge in [-0.1, -0.05) is 0 Å². The second-order valence-corrected chi connectivity index (χ2v) is 9.01. The van der Waals surface area contributed by atoms with E-state index in [1.165, 1.54) is 23.8 Å². The van der Waals surface area contributed by atoms with Crippen LogP contribution >= 0.6 is 27.3 Å². The van der Waals surface area contributed by atoms with Gasteiger partial charge in [-0.25, -0.2) is 4.79 Å². The number of benzene rings is 1. The van der Waals surface area contributed by atoms with Gasteiger partial charge in [-0.15, -0.1) is 11.3 Å². The third-order valence-corrected chi connectivity index (χ3v) is 6.82. The minimum absolute atomic E-state index is 0.407. The Balaban J connectivity index is 1.70. The number of thiophene rings is 1. The molecule has 2 aromatic rings. The van der Waals surface area contributed by atoms with E-state index < -0.39 is 5.97 Å². The molecule has 0 radical (unpaired) electrons. The zero-order chi connectivity index (χ0) is 15.3. The fraction of sp³-hybridized carbons (Fsp3) is 0.471. The van der Waals surface area contributed by atoms with Gasteiger partial charge in [0.2, 0.25) is 0 Å². The molecule has 0 atom stereocenters. The van der Waals surface area contributed by atoms with Crippen molar-refractivity contribution in [2.24, 2.45) is 5.41 Å². The molecule has 1 saturated heterocycles. The van der Waals surface area contributed by atoms with Crippen molar-refractivity contribution in [3.63, 3.8) is 0 Å². The van der Waals surface area contributed by atoms with Gasteiger partial charge in [0.05, 0.1) is 9.35 Å². The molecule has 2 heterocycles. The molecule has 22 heavy (non-hydrogen) atoms. The van der Waals surface area contributed by atoms with Crippen LogP contribution in [-0.2, 0) is 4.74 Å². The van der Waals surface area contributed by atoms with Gasteiger partial charge >= 0.3 is 5.97 Å². The van der Waals surface area contributed by atoms with E-state index in [9.17, 15) is 9.90 Å². The quantitative estimate of drug-likeness (QED) is 0.793. The SMILES string of the molecule is O=C(O)c1cc(C2CC3(CCOCC3)C2)c2cc(Br)sc2c1. The van der Waals surface area contributed by atoms with E-state index in [2.05, 4.69) is 22.0 Å². The van der Waals surface area contributed by atoms with E-state index in [0.717, 1.165) is 34.5 Å². The maximum absolute atomic E-state index is 11.4. The summed E-state index contributed by atoms with van der Waals surface area (Å²) in [6.07, 6.45) is 4.64. The van der Waals surface area contributed by atoms with Crippen LogP contribution in [0.5, 0.6) is 0 Å². The first-order valence-corrected chi connectivity index (χ1v) is 9.21. The summed E-state index contributed by atoms with van der Waals surface area (Å²) in [5.74, 6) is -0.353. The number of hydrogen-bond acceptors (Lipinski definition) is 3. The molecule has 1 aromatic carbocycles. The van der Waals surface area contributed by atoms with Crippen molar-refractivity contribution in [1.82, 2.24) is 0 Å². The van der Waals surface area contributed by atoms with E-state index in [4.69, 9.17) is 4.74 Å². The summed E-state index contributed by atoms with van der Waals surface area (Å²) < 4.78 is 7.61. The summed E-state index contributed by atoms with van der Waals surface area (Å²) in [6.45, 7) is 1.75. The van der Waals surface area contributed by atoms with Gasteiger partial charge in [0.25, 0.3) is 0 Å². The zero-order valence-corrected chi connectivity index (χ0v) is 14.5. The van der Waals surface area contributed by atoms with Crippen LogP contribution in [0.25, 0.3) is 10.1 Å². The van der Waals surface area contributed by atoms with Gasteiger partial charge in [-0.2, -0.15) is 0 Å². The second kappa shape index (κ2) is 5.32. The number of aromatic carboxylic acids is 1. The number of halogens is 1. The molecule has 2 aliphatic rings. The van der Waals surface area contributed by atoms with Gasteiger partial charge in [0.1, 0.15) is 0 Å². The number of carboxylic acid groups (broad SMARTS) is 1. The molecule has 4 rings (SSSR count). The van der Waals surface area contributed by atoms with Crippen molar-refractivity contribution in [2.75, 3.05) is 13.2 Å². The van der Waals surface area contributed by atoms with Gasteiger partial charge in [0.15, 0.2) is 0 Å². The highest BCUT2D eigenvalue weighted by Gasteiger charge is 2.45. The summed E-state index contributed by atoms with van der Waals surface area (Å²) in [5, 5.41) is 10.6. The lowest BCUT2D eigenvalue weighted by Gasteiger charge is -2.50. The summed E-state index contributed by atoms with van der Waals surface area (Å²) in [7, 11) is 0. The second-order valence-electron chi connectivity index (χ2n) is 6.55. The molecule has 1 aliphatic heterocycles. The summed E-state index contributed by atoms with van der Waals surface area (Å²) in [4.78, 5) is 11.4. The Morgan fingerprint density at radius 3 is 2.68 bits per heavy atom. The van der Waals surface area contributed by atoms with E-state index in [-0.39, 0.29) is 0 Å². The summed E-state index contributed by atoms with van der Waals surface area (Å²) >= 11 is 5.14. The standard InChI is InChI=1S/C17H17BrO3S/c18-15-7-13-12(5-10(16(19)20)6-14(13)22-15)11-8-17(9-11)1-3-21-4-2-17/h5-7,11H,1-4,8-9H2,(H,19,20). The third kappa shape index (κ3) is 2.39. The summed E-state index contributed by atoms with van der Waals surface area (Å²) in [6, 6.07) is 5.82. The predicted octanol–water partition coefficient (Wildman–Crippen LogP) is 5.04. The van der Waals surface area contributed by atoms with Crippen LogP contribution in [0.15, 0.2) is 22.0 Å². The van der Waals surface area contributed by atoms with Gasteiger partial charge in [0, 0.05) is 17.9 Å². The molecule has 0 amide bonds. The average molecular weight is 381 g/mol. The van der Waals surface area contributed by atoms with Crippen molar-refractivity contribution in [3.05, 3.63) is 33.1 Å². The molecule has 1 spiro atoms. The highest BCUT2D eigenvalue weighted by atomic mass is 79.9. The molecule has 3 nitrogen and oxygen atoms in total. The van der Waals surface area contributed by atoms with E-state index in [0.29, 0.717) is 16.9 Å². The van der Waals surface area contributed by atoms with E-state index >= 15 is 0 Å². The lowest BCUT2D eigenvalue weighted by Crippen LogP contribution is -2.40. The topological polar surface area (TPSA) is 46.5 Å². The molecule has 0 unspecified atom stereocenters. The number of ether oxygens (including phenoxy) is 1. The van der Waals surface area contributed by atoms with Gasteiger partial charge in [-0.05, 0) is 82.1 Å². The monoisotopic (exact) mass is 380 g/mol. The Morgan fingerprint density at radius 1 is 1.27 bits per heavy atom. The minimum Gasteiger partial charge on any atom is -0.478 e. The van der Waals surface area contributed by atoms with E-state index in [1.807, 2.05) is 6.07 Å². The van der Waals surface area contributed by atoms with Crippen LogP contribution in [-0.4, -0.2) is 24.3 Å². The Bertz CT molecular complexity index is 738. The van der Waals surface area contributed by atoms with Crippen molar-refractivity contribution >= 4 is 43.3 Å². The van der Waals surface area contributed by atoms with Crippen molar-refractivity contribution < 1.29 is 14.6 Å². The Morgan fingerprint density at radius 2 is 2.00 bits per heavy atom.